The molecule has 1 heteroatoms. The summed E-state index contributed by atoms with van der Waals surface area (Å²) in [6.45, 7) is 0. The predicted octanol–water partition coefficient (Wildman–Crippen LogP) is 13.7. The van der Waals surface area contributed by atoms with E-state index in [0.717, 1.165) is 16.6 Å². The number of fused-ring (bicyclic) bond motifs is 7. The molecule has 10 aromatic rings. The maximum atomic E-state index is 6.40. The van der Waals surface area contributed by atoms with E-state index in [0.29, 0.717) is 0 Å². The van der Waals surface area contributed by atoms with Crippen LogP contribution >= 0.6 is 0 Å². The molecule has 0 amide bonds. The lowest BCUT2D eigenvalue weighted by Gasteiger charge is -2.19. The molecule has 0 saturated heterocycles. The summed E-state index contributed by atoms with van der Waals surface area (Å²) in [6.07, 6.45) is 0. The Balaban J connectivity index is 1.28. The highest BCUT2D eigenvalue weighted by Gasteiger charge is 2.19. The molecule has 9 aromatic carbocycles. The van der Waals surface area contributed by atoms with Crippen LogP contribution in [0.2, 0.25) is 0 Å². The van der Waals surface area contributed by atoms with Crippen molar-refractivity contribution in [2.45, 2.75) is 0 Å². The molecule has 0 aliphatic carbocycles. The minimum Gasteiger partial charge on any atom is -0.456 e. The molecule has 0 bridgehead atoms. The third-order valence-corrected chi connectivity index (χ3v) is 10.0. The van der Waals surface area contributed by atoms with Gasteiger partial charge in [0.15, 0.2) is 0 Å². The molecule has 0 fully saturated rings. The van der Waals surface area contributed by atoms with Gasteiger partial charge in [-0.05, 0) is 113 Å². The molecular weight excluding hydrogens is 593 g/mol. The smallest absolute Gasteiger partial charge is 0.136 e. The van der Waals surface area contributed by atoms with Gasteiger partial charge in [0.2, 0.25) is 0 Å². The second-order valence-electron chi connectivity index (χ2n) is 12.8. The molecule has 0 atom stereocenters. The summed E-state index contributed by atoms with van der Waals surface area (Å²) in [5.74, 6) is 0. The van der Waals surface area contributed by atoms with E-state index in [1.54, 1.807) is 0 Å². The highest BCUT2D eigenvalue weighted by molar-refractivity contribution is 6.24. The molecule has 10 rings (SSSR count). The molecule has 1 nitrogen and oxygen atoms in total. The molecule has 0 aliphatic heterocycles. The zero-order valence-electron chi connectivity index (χ0n) is 26.7. The molecule has 0 radical (unpaired) electrons. The molecule has 1 aromatic heterocycles. The van der Waals surface area contributed by atoms with E-state index in [1.165, 1.54) is 82.2 Å². The maximum Gasteiger partial charge on any atom is 0.136 e. The molecule has 0 unspecified atom stereocenters. The van der Waals surface area contributed by atoms with Crippen LogP contribution < -0.4 is 0 Å². The van der Waals surface area contributed by atoms with Gasteiger partial charge in [-0.15, -0.1) is 0 Å². The first kappa shape index (κ1) is 27.7. The first-order chi connectivity index (χ1) is 24.3. The van der Waals surface area contributed by atoms with Crippen LogP contribution in [0.4, 0.5) is 0 Å². The molecule has 228 valence electrons. The van der Waals surface area contributed by atoms with Gasteiger partial charge in [0.05, 0.1) is 0 Å². The summed E-state index contributed by atoms with van der Waals surface area (Å²) in [6, 6.07) is 65.8. The van der Waals surface area contributed by atoms with Crippen molar-refractivity contribution in [3.8, 4) is 44.5 Å². The van der Waals surface area contributed by atoms with Crippen LogP contribution in [-0.2, 0) is 0 Å². The lowest BCUT2D eigenvalue weighted by atomic mass is 9.84. The lowest BCUT2D eigenvalue weighted by Crippen LogP contribution is -1.92. The third-order valence-electron chi connectivity index (χ3n) is 10.0. The van der Waals surface area contributed by atoms with Crippen LogP contribution in [0.15, 0.2) is 186 Å². The van der Waals surface area contributed by atoms with Gasteiger partial charge in [-0.3, -0.25) is 0 Å². The lowest BCUT2D eigenvalue weighted by molar-refractivity contribution is 0.669. The summed E-state index contributed by atoms with van der Waals surface area (Å²) in [7, 11) is 0. The summed E-state index contributed by atoms with van der Waals surface area (Å²) in [4.78, 5) is 0. The standard InChI is InChI=1S/C48H30O/c1-3-13-31(14-4-1)35-27-36(32-15-5-2-6-16-32)29-37(28-35)47-41-21-11-9-19-39(41)46(40-20-10-12-22-42(40)47)34-24-25-44-43(30-34)48-38-18-8-7-17-33(38)23-26-45(48)49-44/h1-30H. The fraction of sp³-hybridized carbons (Fsp3) is 0. The Kier molecular flexibility index (Phi) is 6.25. The Morgan fingerprint density at radius 2 is 0.735 bits per heavy atom. The Morgan fingerprint density at radius 1 is 0.265 bits per heavy atom. The number of benzene rings is 9. The fourth-order valence-corrected chi connectivity index (χ4v) is 7.82. The topological polar surface area (TPSA) is 13.1 Å². The van der Waals surface area contributed by atoms with Crippen LogP contribution in [0.25, 0.3) is 98.8 Å². The van der Waals surface area contributed by atoms with Crippen LogP contribution in [-0.4, -0.2) is 0 Å². The largest absolute Gasteiger partial charge is 0.456 e. The van der Waals surface area contributed by atoms with E-state index in [4.69, 9.17) is 4.42 Å². The minimum absolute atomic E-state index is 0.909. The van der Waals surface area contributed by atoms with Crippen LogP contribution in [0, 0.1) is 0 Å². The van der Waals surface area contributed by atoms with Crippen LogP contribution in [0.5, 0.6) is 0 Å². The zero-order chi connectivity index (χ0) is 32.3. The summed E-state index contributed by atoms with van der Waals surface area (Å²) in [5.41, 5.74) is 11.6. The zero-order valence-corrected chi connectivity index (χ0v) is 26.7. The van der Waals surface area contributed by atoms with Gasteiger partial charge in [0.1, 0.15) is 11.2 Å². The Labute approximate surface area is 284 Å². The molecule has 0 aliphatic rings. The van der Waals surface area contributed by atoms with E-state index in [9.17, 15) is 0 Å². The van der Waals surface area contributed by atoms with Gasteiger partial charge >= 0.3 is 0 Å². The Bertz CT molecular complexity index is 2750. The summed E-state index contributed by atoms with van der Waals surface area (Å²) in [5, 5.41) is 9.70. The van der Waals surface area contributed by atoms with Crippen LogP contribution in [0.3, 0.4) is 0 Å². The van der Waals surface area contributed by atoms with E-state index >= 15 is 0 Å². The van der Waals surface area contributed by atoms with Crippen molar-refractivity contribution in [3.05, 3.63) is 182 Å². The second-order valence-corrected chi connectivity index (χ2v) is 12.8. The minimum atomic E-state index is 0.909. The van der Waals surface area contributed by atoms with Crippen molar-refractivity contribution in [2.24, 2.45) is 0 Å². The van der Waals surface area contributed by atoms with Gasteiger partial charge in [-0.25, -0.2) is 0 Å². The Morgan fingerprint density at radius 3 is 1.33 bits per heavy atom. The van der Waals surface area contributed by atoms with Gasteiger partial charge in [0, 0.05) is 10.8 Å². The fourth-order valence-electron chi connectivity index (χ4n) is 7.82. The van der Waals surface area contributed by atoms with Gasteiger partial charge in [0.25, 0.3) is 0 Å². The molecule has 0 N–H and O–H groups in total. The van der Waals surface area contributed by atoms with E-state index < -0.39 is 0 Å². The molecule has 0 saturated carbocycles. The molecule has 1 heterocycles. The average molecular weight is 623 g/mol. The number of furan rings is 1. The van der Waals surface area contributed by atoms with Gasteiger partial charge in [-0.2, -0.15) is 0 Å². The van der Waals surface area contributed by atoms with E-state index in [2.05, 4.69) is 182 Å². The normalized spacial score (nSPS) is 11.7. The first-order valence-electron chi connectivity index (χ1n) is 16.8. The molecule has 49 heavy (non-hydrogen) atoms. The van der Waals surface area contributed by atoms with Crippen LogP contribution in [0.1, 0.15) is 0 Å². The van der Waals surface area contributed by atoms with Crippen molar-refractivity contribution in [1.82, 2.24) is 0 Å². The Hall–Kier alpha value is -6.44. The van der Waals surface area contributed by atoms with Crippen molar-refractivity contribution in [2.75, 3.05) is 0 Å². The number of hydrogen-bond acceptors (Lipinski definition) is 1. The number of rotatable bonds is 4. The molecule has 0 spiro atoms. The van der Waals surface area contributed by atoms with E-state index in [1.807, 2.05) is 0 Å². The van der Waals surface area contributed by atoms with Crippen molar-refractivity contribution >= 4 is 54.3 Å². The van der Waals surface area contributed by atoms with Crippen molar-refractivity contribution < 1.29 is 4.42 Å². The van der Waals surface area contributed by atoms with Gasteiger partial charge < -0.3 is 4.42 Å². The first-order valence-corrected chi connectivity index (χ1v) is 16.8. The monoisotopic (exact) mass is 622 g/mol. The summed E-state index contributed by atoms with van der Waals surface area (Å²) >= 11 is 0. The van der Waals surface area contributed by atoms with Crippen molar-refractivity contribution in [3.63, 3.8) is 0 Å². The van der Waals surface area contributed by atoms with Gasteiger partial charge in [-0.1, -0.05) is 146 Å². The summed E-state index contributed by atoms with van der Waals surface area (Å²) < 4.78 is 6.40. The SMILES string of the molecule is c1ccc(-c2cc(-c3ccccc3)cc(-c3c4ccccc4c(-c4ccc5oc6ccc7ccccc7c6c5c4)c4ccccc34)c2)cc1. The predicted molar refractivity (Wildman–Crippen MR) is 208 cm³/mol. The highest BCUT2D eigenvalue weighted by Crippen LogP contribution is 2.46. The van der Waals surface area contributed by atoms with E-state index in [-0.39, 0.29) is 0 Å². The highest BCUT2D eigenvalue weighted by atomic mass is 16.3. The third kappa shape index (κ3) is 4.47. The second kappa shape index (κ2) is 11.1. The quantitative estimate of drug-likeness (QED) is 0.178. The average Bonchev–Trinajstić information content (AvgIpc) is 3.56. The number of hydrogen-bond donors (Lipinski definition) is 0. The maximum absolute atomic E-state index is 6.40. The molecular formula is C48H30O. The van der Waals surface area contributed by atoms with Crippen molar-refractivity contribution in [1.29, 1.82) is 0 Å².